The minimum Gasteiger partial charge on any atom is -0.435 e. The lowest BCUT2D eigenvalue weighted by atomic mass is 10.3. The summed E-state index contributed by atoms with van der Waals surface area (Å²) in [6, 6.07) is 0.812. The first-order valence-corrected chi connectivity index (χ1v) is 10.3. The summed E-state index contributed by atoms with van der Waals surface area (Å²) < 4.78 is 20.9. The first-order chi connectivity index (χ1) is 7.40. The van der Waals surface area contributed by atoms with Crippen LogP contribution in [0, 0.1) is 0 Å². The van der Waals surface area contributed by atoms with Gasteiger partial charge in [0.1, 0.15) is 12.7 Å². The Labute approximate surface area is 99.0 Å². The van der Waals surface area contributed by atoms with E-state index in [1.54, 1.807) is 7.11 Å². The number of ether oxygens (including phenoxy) is 2. The molecular weight excluding hydrogens is 244 g/mol. The summed E-state index contributed by atoms with van der Waals surface area (Å²) in [7, 11) is -1.11. The van der Waals surface area contributed by atoms with Crippen molar-refractivity contribution in [2.75, 3.05) is 13.7 Å². The Morgan fingerprint density at radius 1 is 1.50 bits per heavy atom. The molecule has 1 saturated heterocycles. The topological polar surface area (TPSA) is 54.0 Å². The van der Waals surface area contributed by atoms with E-state index in [-0.39, 0.29) is 6.10 Å². The molecule has 1 radical (unpaired) electrons. The lowest BCUT2D eigenvalue weighted by Crippen LogP contribution is -2.36. The van der Waals surface area contributed by atoms with Gasteiger partial charge in [0.2, 0.25) is 0 Å². The maximum Gasteiger partial charge on any atom is 0.508 e. The van der Waals surface area contributed by atoms with E-state index in [9.17, 15) is 4.79 Å². The van der Waals surface area contributed by atoms with Gasteiger partial charge >= 0.3 is 15.4 Å². The van der Waals surface area contributed by atoms with Crippen LogP contribution in [0.1, 0.15) is 6.42 Å². The van der Waals surface area contributed by atoms with E-state index < -0.39 is 23.8 Å². The second-order valence-corrected chi connectivity index (χ2v) is 11.3. The molecule has 0 aromatic heterocycles. The number of hydrogen-bond donors (Lipinski definition) is 0. The fourth-order valence-electron chi connectivity index (χ4n) is 1.32. The molecule has 0 aliphatic carbocycles. The summed E-state index contributed by atoms with van der Waals surface area (Å²) in [6.07, 6.45) is 0.0495. The average molecular weight is 263 g/mol. The Hall–Kier alpha value is -0.376. The summed E-state index contributed by atoms with van der Waals surface area (Å²) in [5.74, 6) is 0. The van der Waals surface area contributed by atoms with Gasteiger partial charge in [-0.05, 0) is 32.1 Å². The zero-order chi connectivity index (χ0) is 12.2. The van der Waals surface area contributed by atoms with Crippen LogP contribution in [0.25, 0.3) is 0 Å². The van der Waals surface area contributed by atoms with Gasteiger partial charge in [-0.25, -0.2) is 4.79 Å². The monoisotopic (exact) mass is 263 g/mol. The molecule has 0 spiro atoms. The van der Waals surface area contributed by atoms with Gasteiger partial charge in [-0.3, -0.25) is 0 Å². The van der Waals surface area contributed by atoms with Gasteiger partial charge in [-0.15, -0.1) is 0 Å². The Morgan fingerprint density at radius 2 is 2.19 bits per heavy atom. The molecule has 1 atom stereocenters. The van der Waals surface area contributed by atoms with Gasteiger partial charge in [0.15, 0.2) is 8.32 Å². The minimum atomic E-state index is -1.55. The largest absolute Gasteiger partial charge is 0.508 e. The molecule has 1 aliphatic heterocycles. The van der Waals surface area contributed by atoms with Crippen LogP contribution in [0.2, 0.25) is 25.7 Å². The van der Waals surface area contributed by atoms with E-state index in [2.05, 4.69) is 19.6 Å². The van der Waals surface area contributed by atoms with Gasteiger partial charge in [-0.2, -0.15) is 0 Å². The zero-order valence-corrected chi connectivity index (χ0v) is 12.2. The van der Waals surface area contributed by atoms with Crippen LogP contribution in [0.15, 0.2) is 0 Å². The van der Waals surface area contributed by atoms with Crippen molar-refractivity contribution in [3.05, 3.63) is 0 Å². The summed E-state index contributed by atoms with van der Waals surface area (Å²) in [5.41, 5.74) is 0. The van der Waals surface area contributed by atoms with E-state index >= 15 is 0 Å². The molecule has 0 amide bonds. The van der Waals surface area contributed by atoms with E-state index in [1.807, 2.05) is 0 Å². The van der Waals surface area contributed by atoms with Gasteiger partial charge in [-0.1, -0.05) is 0 Å². The van der Waals surface area contributed by atoms with Gasteiger partial charge in [0, 0.05) is 7.11 Å². The molecule has 16 heavy (non-hydrogen) atoms. The maximum absolute atomic E-state index is 10.7. The maximum atomic E-state index is 10.7. The van der Waals surface area contributed by atoms with Gasteiger partial charge in [0.25, 0.3) is 0 Å². The third kappa shape index (κ3) is 5.10. The Balaban J connectivity index is 2.26. The van der Waals surface area contributed by atoms with Crippen molar-refractivity contribution in [3.8, 4) is 0 Å². The molecule has 5 nitrogen and oxygen atoms in total. The highest BCUT2D eigenvalue weighted by atomic mass is 28.4. The molecule has 0 N–H and O–H groups in total. The van der Waals surface area contributed by atoms with Crippen molar-refractivity contribution in [1.82, 2.24) is 0 Å². The van der Waals surface area contributed by atoms with Crippen molar-refractivity contribution in [2.24, 2.45) is 0 Å². The molecule has 7 heteroatoms. The van der Waals surface area contributed by atoms with E-state index in [0.717, 1.165) is 12.5 Å². The van der Waals surface area contributed by atoms with E-state index in [0.29, 0.717) is 6.61 Å². The molecule has 93 valence electrons. The highest BCUT2D eigenvalue weighted by molar-refractivity contribution is 6.75. The minimum absolute atomic E-state index is 0.132. The van der Waals surface area contributed by atoms with Crippen molar-refractivity contribution < 1.29 is 22.8 Å². The van der Waals surface area contributed by atoms with Crippen LogP contribution >= 0.6 is 0 Å². The molecule has 0 aromatic rings. The molecule has 0 aromatic carbocycles. The normalized spacial score (nSPS) is 21.1. The van der Waals surface area contributed by atoms with Crippen LogP contribution < -0.4 is 0 Å². The third-order valence-corrected chi connectivity index (χ3v) is 6.48. The van der Waals surface area contributed by atoms with Crippen molar-refractivity contribution in [1.29, 1.82) is 0 Å². The van der Waals surface area contributed by atoms with Crippen LogP contribution in [-0.4, -0.2) is 43.6 Å². The molecule has 1 rings (SSSR count). The van der Waals surface area contributed by atoms with E-state index in [1.165, 1.54) is 0 Å². The highest BCUT2D eigenvalue weighted by Crippen LogP contribution is 2.16. The number of cyclic esters (lactones) is 2. The number of carbonyl (C=O) groups excluding carboxylic acids is 1. The smallest absolute Gasteiger partial charge is 0.435 e. The van der Waals surface area contributed by atoms with Crippen molar-refractivity contribution in [3.63, 3.8) is 0 Å². The van der Waals surface area contributed by atoms with Crippen molar-refractivity contribution >= 4 is 23.8 Å². The molecule has 0 saturated carbocycles. The molecule has 1 heterocycles. The Kier molecular flexibility index (Phi) is 4.97. The predicted molar refractivity (Wildman–Crippen MR) is 62.8 cm³/mol. The fraction of sp³-hybridized carbons (Fsp3) is 0.889. The molecule has 0 bridgehead atoms. The third-order valence-electron chi connectivity index (χ3n) is 1.97. The predicted octanol–water partition coefficient (Wildman–Crippen LogP) is 1.90. The first kappa shape index (κ1) is 13.7. The van der Waals surface area contributed by atoms with Gasteiger partial charge in [0.05, 0.1) is 0 Å². The summed E-state index contributed by atoms with van der Waals surface area (Å²) in [5, 5.41) is 0. The fourth-order valence-corrected chi connectivity index (χ4v) is 5.56. The summed E-state index contributed by atoms with van der Waals surface area (Å²) >= 11 is 0. The summed E-state index contributed by atoms with van der Waals surface area (Å²) in [6.45, 7) is 6.75. The van der Waals surface area contributed by atoms with Crippen LogP contribution in [0.4, 0.5) is 4.79 Å². The van der Waals surface area contributed by atoms with E-state index in [4.69, 9.17) is 18.0 Å². The second kappa shape index (κ2) is 5.80. The lowest BCUT2D eigenvalue weighted by molar-refractivity contribution is 0.116. The number of carbonyl (C=O) groups is 1. The molecule has 1 aliphatic rings. The van der Waals surface area contributed by atoms with Gasteiger partial charge < -0.3 is 18.0 Å². The SMILES string of the molecule is CO[Si](CCC1COC(=O)O1)O[Si](C)(C)C. The Bertz CT molecular complexity index is 241. The highest BCUT2D eigenvalue weighted by Gasteiger charge is 2.29. The quantitative estimate of drug-likeness (QED) is 0.541. The second-order valence-electron chi connectivity index (χ2n) is 4.63. The van der Waals surface area contributed by atoms with Crippen LogP contribution in [-0.2, 0) is 18.0 Å². The molecule has 1 unspecified atom stereocenters. The first-order valence-electron chi connectivity index (χ1n) is 5.33. The molecule has 1 fully saturated rings. The number of rotatable bonds is 6. The number of hydrogen-bond acceptors (Lipinski definition) is 5. The average Bonchev–Trinajstić information content (AvgIpc) is 2.57. The standard InChI is InChI=1S/C9H19O5Si2/c1-11-15(14-16(2,3)4)6-5-8-7-12-9(10)13-8/h8H,5-7H2,1-4H3. The van der Waals surface area contributed by atoms with Crippen LogP contribution in [0.3, 0.4) is 0 Å². The summed E-state index contributed by atoms with van der Waals surface area (Å²) in [4.78, 5) is 10.7. The molecular formula is C9H19O5Si2. The lowest BCUT2D eigenvalue weighted by Gasteiger charge is -2.23. The Morgan fingerprint density at radius 3 is 2.62 bits per heavy atom. The van der Waals surface area contributed by atoms with Crippen molar-refractivity contribution in [2.45, 2.75) is 38.2 Å². The van der Waals surface area contributed by atoms with Crippen LogP contribution in [0.5, 0.6) is 0 Å². The zero-order valence-electron chi connectivity index (χ0n) is 10.2.